The third-order valence-corrected chi connectivity index (χ3v) is 9.85. The summed E-state index contributed by atoms with van der Waals surface area (Å²) in [5.41, 5.74) is -2.07. The Kier molecular flexibility index (Phi) is 6.20. The van der Waals surface area contributed by atoms with Gasteiger partial charge in [0.15, 0.2) is 6.29 Å². The Balaban J connectivity index is 1.61. The SMILES string of the molecule is CC(=O)OC[C@@]12[C@H](OC(C)=O)C[C@H](C)[C@@](C)([C@@H]3C[C@@H]4CCO[C@H]4O3)[C@@H]1CC[C@H](OC(C)=O)[C@]21CO1. The Labute approximate surface area is 206 Å². The summed E-state index contributed by atoms with van der Waals surface area (Å²) in [5, 5.41) is 0. The fourth-order valence-electron chi connectivity index (χ4n) is 8.09. The van der Waals surface area contributed by atoms with Gasteiger partial charge in [-0.05, 0) is 43.9 Å². The summed E-state index contributed by atoms with van der Waals surface area (Å²) >= 11 is 0. The van der Waals surface area contributed by atoms with Gasteiger partial charge in [0, 0.05) is 32.1 Å². The molecule has 3 aliphatic heterocycles. The summed E-state index contributed by atoms with van der Waals surface area (Å²) in [6.45, 7) is 9.74. The lowest BCUT2D eigenvalue weighted by Gasteiger charge is -2.64. The first-order valence-electron chi connectivity index (χ1n) is 12.9. The number of epoxide rings is 1. The fourth-order valence-corrected chi connectivity index (χ4v) is 8.09. The van der Waals surface area contributed by atoms with E-state index in [0.29, 0.717) is 31.8 Å². The van der Waals surface area contributed by atoms with Crippen molar-refractivity contribution in [2.24, 2.45) is 28.6 Å². The zero-order valence-electron chi connectivity index (χ0n) is 21.4. The van der Waals surface area contributed by atoms with E-state index in [1.807, 2.05) is 0 Å². The molecule has 0 aromatic rings. The van der Waals surface area contributed by atoms with Gasteiger partial charge in [0.1, 0.15) is 24.4 Å². The maximum atomic E-state index is 12.3. The number of hydrogen-bond acceptors (Lipinski definition) is 9. The lowest BCUT2D eigenvalue weighted by atomic mass is 9.42. The predicted octanol–water partition coefficient (Wildman–Crippen LogP) is 2.78. The van der Waals surface area contributed by atoms with Crippen LogP contribution in [0.4, 0.5) is 0 Å². The van der Waals surface area contributed by atoms with Crippen molar-refractivity contribution in [2.45, 2.75) is 96.9 Å². The summed E-state index contributed by atoms with van der Waals surface area (Å²) in [7, 11) is 0. The van der Waals surface area contributed by atoms with E-state index in [1.54, 1.807) is 0 Å². The Hall–Kier alpha value is -1.71. The van der Waals surface area contributed by atoms with Gasteiger partial charge in [-0.2, -0.15) is 0 Å². The second kappa shape index (κ2) is 8.70. The maximum Gasteiger partial charge on any atom is 0.303 e. The van der Waals surface area contributed by atoms with E-state index in [-0.39, 0.29) is 42.2 Å². The molecule has 9 heteroatoms. The van der Waals surface area contributed by atoms with E-state index in [4.69, 9.17) is 28.4 Å². The minimum Gasteiger partial charge on any atom is -0.465 e. The van der Waals surface area contributed by atoms with Crippen LogP contribution in [-0.4, -0.2) is 67.9 Å². The molecule has 35 heavy (non-hydrogen) atoms. The molecule has 0 radical (unpaired) electrons. The summed E-state index contributed by atoms with van der Waals surface area (Å²) in [5.74, 6) is -0.705. The molecule has 5 aliphatic rings. The number of rotatable bonds is 5. The van der Waals surface area contributed by atoms with Crippen molar-refractivity contribution in [2.75, 3.05) is 19.8 Å². The van der Waals surface area contributed by atoms with Gasteiger partial charge >= 0.3 is 17.9 Å². The molecule has 0 N–H and O–H groups in total. The maximum absolute atomic E-state index is 12.3. The number of hydrogen-bond donors (Lipinski definition) is 0. The van der Waals surface area contributed by atoms with Gasteiger partial charge < -0.3 is 28.4 Å². The van der Waals surface area contributed by atoms with Crippen molar-refractivity contribution in [3.8, 4) is 0 Å². The highest BCUT2D eigenvalue weighted by Crippen LogP contribution is 2.70. The molecule has 9 nitrogen and oxygen atoms in total. The van der Waals surface area contributed by atoms with Gasteiger partial charge in [-0.25, -0.2) is 0 Å². The van der Waals surface area contributed by atoms with Crippen molar-refractivity contribution in [3.05, 3.63) is 0 Å². The van der Waals surface area contributed by atoms with Crippen LogP contribution in [-0.2, 0) is 42.8 Å². The van der Waals surface area contributed by atoms with Gasteiger partial charge in [-0.1, -0.05) is 13.8 Å². The molecule has 5 rings (SSSR count). The zero-order valence-corrected chi connectivity index (χ0v) is 21.4. The second-order valence-electron chi connectivity index (χ2n) is 11.5. The standard InChI is InChI=1S/C26H38O9/c1-14-10-22(34-17(4)29)25(12-31-15(2)27)19(6-7-20(33-16(3)28)26(25)13-32-26)24(14,5)21-11-18-8-9-30-23(18)35-21/h14,18-23H,6-13H2,1-5H3/t14-,18-,19-,20-,21-,22+,23-,24+,25-,26+/m0/s1. The molecular weight excluding hydrogens is 456 g/mol. The van der Waals surface area contributed by atoms with E-state index in [9.17, 15) is 14.4 Å². The molecule has 0 amide bonds. The Morgan fingerprint density at radius 3 is 2.23 bits per heavy atom. The molecule has 2 aliphatic carbocycles. The topological polar surface area (TPSA) is 110 Å². The predicted molar refractivity (Wildman–Crippen MR) is 121 cm³/mol. The van der Waals surface area contributed by atoms with E-state index >= 15 is 0 Å². The van der Waals surface area contributed by atoms with Gasteiger partial charge in [-0.3, -0.25) is 14.4 Å². The number of esters is 3. The van der Waals surface area contributed by atoms with Crippen LogP contribution in [0.5, 0.6) is 0 Å². The zero-order chi connectivity index (χ0) is 25.2. The van der Waals surface area contributed by atoms with Crippen LogP contribution in [0.25, 0.3) is 0 Å². The van der Waals surface area contributed by atoms with Crippen LogP contribution < -0.4 is 0 Å². The van der Waals surface area contributed by atoms with Crippen LogP contribution >= 0.6 is 0 Å². The van der Waals surface area contributed by atoms with E-state index in [1.165, 1.54) is 20.8 Å². The molecule has 2 saturated carbocycles. The van der Waals surface area contributed by atoms with Gasteiger partial charge in [-0.15, -0.1) is 0 Å². The Morgan fingerprint density at radius 2 is 1.63 bits per heavy atom. The smallest absolute Gasteiger partial charge is 0.303 e. The molecule has 0 aromatic carbocycles. The molecule has 5 fully saturated rings. The minimum atomic E-state index is -0.885. The van der Waals surface area contributed by atoms with Crippen LogP contribution in [0.2, 0.25) is 0 Å². The van der Waals surface area contributed by atoms with Crippen LogP contribution in [0.1, 0.15) is 66.7 Å². The van der Waals surface area contributed by atoms with Gasteiger partial charge in [0.05, 0.1) is 24.7 Å². The Morgan fingerprint density at radius 1 is 0.943 bits per heavy atom. The van der Waals surface area contributed by atoms with Crippen LogP contribution in [0, 0.1) is 28.6 Å². The number of fused-ring (bicyclic) bond motifs is 3. The number of carbonyl (C=O) groups excluding carboxylic acids is 3. The molecule has 196 valence electrons. The monoisotopic (exact) mass is 494 g/mol. The molecule has 1 spiro atoms. The van der Waals surface area contributed by atoms with Crippen LogP contribution in [0.15, 0.2) is 0 Å². The largest absolute Gasteiger partial charge is 0.465 e. The second-order valence-corrected chi connectivity index (χ2v) is 11.5. The van der Waals surface area contributed by atoms with Crippen molar-refractivity contribution in [1.82, 2.24) is 0 Å². The molecule has 0 aromatic heterocycles. The summed E-state index contributed by atoms with van der Waals surface area (Å²) < 4.78 is 36.2. The normalized spacial score (nSPS) is 48.1. The summed E-state index contributed by atoms with van der Waals surface area (Å²) in [6.07, 6.45) is 2.52. The third kappa shape index (κ3) is 3.72. The lowest BCUT2D eigenvalue weighted by Crippen LogP contribution is -2.72. The highest BCUT2D eigenvalue weighted by Gasteiger charge is 2.80. The molecule has 3 saturated heterocycles. The highest BCUT2D eigenvalue weighted by molar-refractivity contribution is 5.67. The first kappa shape index (κ1) is 25.0. The van der Waals surface area contributed by atoms with Crippen molar-refractivity contribution < 1.29 is 42.8 Å². The number of ether oxygens (including phenoxy) is 6. The molecular formula is C26H38O9. The van der Waals surface area contributed by atoms with Crippen LogP contribution in [0.3, 0.4) is 0 Å². The van der Waals surface area contributed by atoms with E-state index in [0.717, 1.165) is 19.4 Å². The molecule has 0 bridgehead atoms. The fraction of sp³-hybridized carbons (Fsp3) is 0.885. The molecule has 10 atom stereocenters. The quantitative estimate of drug-likeness (QED) is 0.324. The van der Waals surface area contributed by atoms with Crippen molar-refractivity contribution in [1.29, 1.82) is 0 Å². The first-order valence-corrected chi connectivity index (χ1v) is 12.9. The average Bonchev–Trinajstić information content (AvgIpc) is 3.26. The van der Waals surface area contributed by atoms with Crippen molar-refractivity contribution in [3.63, 3.8) is 0 Å². The average molecular weight is 495 g/mol. The number of carbonyl (C=O) groups is 3. The van der Waals surface area contributed by atoms with Gasteiger partial charge in [0.2, 0.25) is 0 Å². The Bertz CT molecular complexity index is 872. The third-order valence-electron chi connectivity index (χ3n) is 9.85. The first-order chi connectivity index (χ1) is 16.5. The highest BCUT2D eigenvalue weighted by atomic mass is 16.7. The lowest BCUT2D eigenvalue weighted by molar-refractivity contribution is -0.270. The summed E-state index contributed by atoms with van der Waals surface area (Å²) in [4.78, 5) is 36.4. The van der Waals surface area contributed by atoms with E-state index in [2.05, 4.69) is 13.8 Å². The minimum absolute atomic E-state index is 0.0289. The van der Waals surface area contributed by atoms with E-state index < -0.39 is 35.2 Å². The van der Waals surface area contributed by atoms with Crippen molar-refractivity contribution >= 4 is 17.9 Å². The molecule has 0 unspecified atom stereocenters. The summed E-state index contributed by atoms with van der Waals surface area (Å²) in [6, 6.07) is 0. The molecule has 3 heterocycles. The van der Waals surface area contributed by atoms with Gasteiger partial charge in [0.25, 0.3) is 0 Å².